The summed E-state index contributed by atoms with van der Waals surface area (Å²) in [5.74, 6) is 0.599. The molecular weight excluding hydrogens is 408 g/mol. The second-order valence-corrected chi connectivity index (χ2v) is 7.67. The number of para-hydroxylation sites is 2. The van der Waals surface area contributed by atoms with Crippen molar-refractivity contribution in [3.8, 4) is 28.1 Å². The van der Waals surface area contributed by atoms with Crippen LogP contribution in [0.4, 0.5) is 5.69 Å². The predicted octanol–water partition coefficient (Wildman–Crippen LogP) is 6.83. The number of carbonyl (C=O) groups excluding carboxylic acids is 1. The number of rotatable bonds is 5. The number of amides is 1. The van der Waals surface area contributed by atoms with Gasteiger partial charge in [0.1, 0.15) is 5.75 Å². The zero-order valence-corrected chi connectivity index (χ0v) is 18.2. The first-order chi connectivity index (χ1) is 16.2. The molecule has 0 bridgehead atoms. The Balaban J connectivity index is 1.57. The van der Waals surface area contributed by atoms with Crippen LogP contribution in [0.5, 0.6) is 5.75 Å². The van der Waals surface area contributed by atoms with Crippen molar-refractivity contribution in [3.05, 3.63) is 115 Å². The molecule has 0 spiro atoms. The zero-order valence-electron chi connectivity index (χ0n) is 18.2. The van der Waals surface area contributed by atoms with Gasteiger partial charge in [0.2, 0.25) is 0 Å². The summed E-state index contributed by atoms with van der Waals surface area (Å²) in [6.45, 7) is 0. The topological polar surface area (TPSA) is 51.2 Å². The molecule has 0 unspecified atom stereocenters. The second kappa shape index (κ2) is 8.97. The minimum atomic E-state index is -0.174. The summed E-state index contributed by atoms with van der Waals surface area (Å²) in [4.78, 5) is 18.3. The van der Waals surface area contributed by atoms with E-state index in [0.717, 1.165) is 44.7 Å². The summed E-state index contributed by atoms with van der Waals surface area (Å²) in [5.41, 5.74) is 5.78. The molecule has 0 radical (unpaired) electrons. The van der Waals surface area contributed by atoms with Crippen molar-refractivity contribution >= 4 is 22.5 Å². The highest BCUT2D eigenvalue weighted by Gasteiger charge is 2.16. The van der Waals surface area contributed by atoms with E-state index < -0.39 is 0 Å². The minimum absolute atomic E-state index is 0.174. The van der Waals surface area contributed by atoms with Crippen LogP contribution < -0.4 is 10.1 Å². The fourth-order valence-electron chi connectivity index (χ4n) is 3.92. The molecule has 4 aromatic carbocycles. The van der Waals surface area contributed by atoms with Gasteiger partial charge in [-0.3, -0.25) is 4.79 Å². The summed E-state index contributed by atoms with van der Waals surface area (Å²) in [7, 11) is 1.64. The van der Waals surface area contributed by atoms with E-state index in [0.29, 0.717) is 5.56 Å². The summed E-state index contributed by atoms with van der Waals surface area (Å²) in [6.07, 6.45) is 0. The van der Waals surface area contributed by atoms with Gasteiger partial charge in [-0.15, -0.1) is 0 Å². The normalized spacial score (nSPS) is 10.7. The average Bonchev–Trinajstić information content (AvgIpc) is 2.89. The van der Waals surface area contributed by atoms with Crippen molar-refractivity contribution < 1.29 is 9.53 Å². The summed E-state index contributed by atoms with van der Waals surface area (Å²) < 4.78 is 5.27. The Morgan fingerprint density at radius 1 is 0.758 bits per heavy atom. The smallest absolute Gasteiger partial charge is 0.256 e. The number of nitrogens with zero attached hydrogens (tertiary/aromatic N) is 1. The van der Waals surface area contributed by atoms with Gasteiger partial charge in [0.15, 0.2) is 0 Å². The van der Waals surface area contributed by atoms with Gasteiger partial charge >= 0.3 is 0 Å². The lowest BCUT2D eigenvalue weighted by Crippen LogP contribution is -2.13. The number of hydrogen-bond acceptors (Lipinski definition) is 3. The molecule has 4 heteroatoms. The van der Waals surface area contributed by atoms with Gasteiger partial charge < -0.3 is 10.1 Å². The molecule has 5 aromatic rings. The Bertz CT molecular complexity index is 1430. The van der Waals surface area contributed by atoms with E-state index in [1.807, 2.05) is 109 Å². The first kappa shape index (κ1) is 20.5. The molecule has 4 nitrogen and oxygen atoms in total. The van der Waals surface area contributed by atoms with Gasteiger partial charge in [0, 0.05) is 22.2 Å². The molecule has 160 valence electrons. The lowest BCUT2D eigenvalue weighted by molar-refractivity contribution is 0.102. The van der Waals surface area contributed by atoms with Crippen molar-refractivity contribution in [2.75, 3.05) is 12.4 Å². The number of carbonyl (C=O) groups is 1. The lowest BCUT2D eigenvalue weighted by Gasteiger charge is -2.14. The first-order valence-electron chi connectivity index (χ1n) is 10.7. The maximum Gasteiger partial charge on any atom is 0.256 e. The Morgan fingerprint density at radius 3 is 2.24 bits per heavy atom. The molecule has 5 rings (SSSR count). The lowest BCUT2D eigenvalue weighted by atomic mass is 10.0. The fourth-order valence-corrected chi connectivity index (χ4v) is 3.92. The fraction of sp³-hybridized carbons (Fsp3) is 0.0345. The van der Waals surface area contributed by atoms with Gasteiger partial charge in [0.25, 0.3) is 5.91 Å². The number of methoxy groups -OCH3 is 1. The Labute approximate surface area is 192 Å². The largest absolute Gasteiger partial charge is 0.497 e. The molecule has 0 atom stereocenters. The highest BCUT2D eigenvalue weighted by atomic mass is 16.5. The van der Waals surface area contributed by atoms with E-state index in [9.17, 15) is 4.79 Å². The molecule has 0 aliphatic carbocycles. The van der Waals surface area contributed by atoms with Crippen LogP contribution in [0.3, 0.4) is 0 Å². The third-order valence-corrected chi connectivity index (χ3v) is 5.61. The van der Waals surface area contributed by atoms with Crippen LogP contribution in [0.15, 0.2) is 109 Å². The van der Waals surface area contributed by atoms with Crippen molar-refractivity contribution in [2.24, 2.45) is 0 Å². The Morgan fingerprint density at radius 2 is 1.45 bits per heavy atom. The van der Waals surface area contributed by atoms with Crippen LogP contribution in [-0.2, 0) is 0 Å². The number of aromatic nitrogens is 1. The number of anilines is 1. The highest BCUT2D eigenvalue weighted by Crippen LogP contribution is 2.30. The van der Waals surface area contributed by atoms with Crippen LogP contribution in [0.1, 0.15) is 10.4 Å². The highest BCUT2D eigenvalue weighted by molar-refractivity contribution is 6.14. The maximum atomic E-state index is 13.5. The van der Waals surface area contributed by atoms with Crippen LogP contribution >= 0.6 is 0 Å². The molecule has 0 saturated carbocycles. The van der Waals surface area contributed by atoms with Crippen molar-refractivity contribution in [1.29, 1.82) is 0 Å². The van der Waals surface area contributed by atoms with Gasteiger partial charge in [-0.2, -0.15) is 0 Å². The van der Waals surface area contributed by atoms with E-state index in [1.165, 1.54) is 0 Å². The Hall–Kier alpha value is -4.44. The van der Waals surface area contributed by atoms with Crippen LogP contribution in [-0.4, -0.2) is 18.0 Å². The first-order valence-corrected chi connectivity index (χ1v) is 10.7. The monoisotopic (exact) mass is 430 g/mol. The van der Waals surface area contributed by atoms with E-state index in [1.54, 1.807) is 7.11 Å². The molecule has 0 fully saturated rings. The molecule has 1 aromatic heterocycles. The number of ether oxygens (including phenoxy) is 1. The van der Waals surface area contributed by atoms with Crippen LogP contribution in [0.2, 0.25) is 0 Å². The third-order valence-electron chi connectivity index (χ3n) is 5.61. The van der Waals surface area contributed by atoms with Gasteiger partial charge in [-0.25, -0.2) is 4.98 Å². The van der Waals surface area contributed by atoms with E-state index in [-0.39, 0.29) is 5.91 Å². The quantitative estimate of drug-likeness (QED) is 0.332. The minimum Gasteiger partial charge on any atom is -0.497 e. The molecule has 33 heavy (non-hydrogen) atoms. The summed E-state index contributed by atoms with van der Waals surface area (Å²) in [5, 5.41) is 3.94. The third kappa shape index (κ3) is 4.19. The van der Waals surface area contributed by atoms with E-state index in [2.05, 4.69) is 5.32 Å². The van der Waals surface area contributed by atoms with Crippen molar-refractivity contribution in [3.63, 3.8) is 0 Å². The molecule has 0 aliphatic heterocycles. The van der Waals surface area contributed by atoms with Crippen LogP contribution in [0.25, 0.3) is 33.3 Å². The molecular formula is C29H22N2O2. The molecule has 0 saturated heterocycles. The van der Waals surface area contributed by atoms with E-state index in [4.69, 9.17) is 9.72 Å². The molecule has 0 aliphatic rings. The molecule has 1 heterocycles. The SMILES string of the molecule is COc1ccc(-c2cc(C(=O)Nc3ccccc3-c3ccccc3)c3ccccc3n2)cc1. The number of nitrogens with one attached hydrogen (secondary N) is 1. The average molecular weight is 431 g/mol. The Kier molecular flexibility index (Phi) is 5.56. The van der Waals surface area contributed by atoms with Crippen molar-refractivity contribution in [1.82, 2.24) is 4.98 Å². The predicted molar refractivity (Wildman–Crippen MR) is 134 cm³/mol. The number of benzene rings is 4. The van der Waals surface area contributed by atoms with Gasteiger partial charge in [-0.05, 0) is 48.0 Å². The maximum absolute atomic E-state index is 13.5. The van der Waals surface area contributed by atoms with Gasteiger partial charge in [0.05, 0.1) is 23.9 Å². The standard InChI is InChI=1S/C29H22N2O2/c1-33-22-17-15-21(16-18-22)28-19-25(24-12-6-8-14-27(24)30-28)29(32)31-26-13-7-5-11-23(26)20-9-3-2-4-10-20/h2-19H,1H3,(H,31,32). The van der Waals surface area contributed by atoms with Crippen molar-refractivity contribution in [2.45, 2.75) is 0 Å². The number of fused-ring (bicyclic) bond motifs is 1. The van der Waals surface area contributed by atoms with E-state index >= 15 is 0 Å². The number of pyridine rings is 1. The second-order valence-electron chi connectivity index (χ2n) is 7.67. The molecule has 1 amide bonds. The summed E-state index contributed by atoms with van der Waals surface area (Å²) >= 11 is 0. The number of hydrogen-bond donors (Lipinski definition) is 1. The van der Waals surface area contributed by atoms with Crippen LogP contribution in [0, 0.1) is 0 Å². The summed E-state index contributed by atoms with van der Waals surface area (Å²) in [6, 6.07) is 35.1. The zero-order chi connectivity index (χ0) is 22.6. The molecule has 1 N–H and O–H groups in total. The van der Waals surface area contributed by atoms with Gasteiger partial charge in [-0.1, -0.05) is 66.7 Å².